The minimum atomic E-state index is -4.19. The summed E-state index contributed by atoms with van der Waals surface area (Å²) < 4.78 is 43.8. The molecule has 0 spiro atoms. The number of hydrogen-bond acceptors (Lipinski definition) is 6. The summed E-state index contributed by atoms with van der Waals surface area (Å²) in [7, 11) is 0.0660. The molecule has 0 unspecified atom stereocenters. The largest absolute Gasteiger partial charge is 0.495 e. The van der Waals surface area contributed by atoms with Crippen LogP contribution in [0.5, 0.6) is 17.2 Å². The number of ether oxygens (including phenoxy) is 3. The minimum absolute atomic E-state index is 0.0838. The van der Waals surface area contributed by atoms with Crippen LogP contribution in [0.3, 0.4) is 0 Å². The van der Waals surface area contributed by atoms with E-state index < -0.39 is 22.5 Å². The van der Waals surface area contributed by atoms with E-state index in [-0.39, 0.29) is 28.1 Å². The van der Waals surface area contributed by atoms with Gasteiger partial charge in [0.05, 0.1) is 31.9 Å². The molecule has 1 N–H and O–H groups in total. The van der Waals surface area contributed by atoms with Crippen LogP contribution < -0.4 is 23.8 Å². The Labute approximate surface area is 181 Å². The number of rotatable bonds is 9. The molecule has 164 valence electrons. The lowest BCUT2D eigenvalue weighted by Crippen LogP contribution is -2.43. The molecule has 1 amide bonds. The summed E-state index contributed by atoms with van der Waals surface area (Å²) in [6.45, 7) is 3.10. The number of benzene rings is 2. The Morgan fingerprint density at radius 3 is 2.17 bits per heavy atom. The molecule has 0 atom stereocenters. The van der Waals surface area contributed by atoms with Gasteiger partial charge in [-0.1, -0.05) is 11.6 Å². The quantitative estimate of drug-likeness (QED) is 0.623. The number of methoxy groups -OCH3 is 3. The number of anilines is 1. The number of sulfonamides is 1. The first-order valence-corrected chi connectivity index (χ1v) is 10.8. The zero-order chi connectivity index (χ0) is 22.5. The van der Waals surface area contributed by atoms with E-state index in [0.717, 1.165) is 4.31 Å². The van der Waals surface area contributed by atoms with E-state index in [1.54, 1.807) is 19.9 Å². The summed E-state index contributed by atoms with van der Waals surface area (Å²) >= 11 is 6.11. The second kappa shape index (κ2) is 9.90. The lowest BCUT2D eigenvalue weighted by Gasteiger charge is -2.26. The molecule has 0 radical (unpaired) electrons. The van der Waals surface area contributed by atoms with Crippen LogP contribution in [-0.2, 0) is 14.8 Å². The van der Waals surface area contributed by atoms with Gasteiger partial charge in [0.25, 0.3) is 10.0 Å². The molecule has 0 aromatic heterocycles. The van der Waals surface area contributed by atoms with E-state index in [1.807, 2.05) is 0 Å². The molecule has 0 aliphatic heterocycles. The average molecular weight is 457 g/mol. The number of nitrogens with zero attached hydrogens (tertiary/aromatic N) is 1. The number of nitrogens with one attached hydrogen (secondary N) is 1. The van der Waals surface area contributed by atoms with Crippen molar-refractivity contribution in [3.05, 3.63) is 41.4 Å². The van der Waals surface area contributed by atoms with Gasteiger partial charge >= 0.3 is 0 Å². The highest BCUT2D eigenvalue weighted by Gasteiger charge is 2.30. The normalized spacial score (nSPS) is 11.2. The molecule has 0 aliphatic carbocycles. The highest BCUT2D eigenvalue weighted by Crippen LogP contribution is 2.36. The van der Waals surface area contributed by atoms with E-state index in [0.29, 0.717) is 10.8 Å². The monoisotopic (exact) mass is 456 g/mol. The van der Waals surface area contributed by atoms with E-state index in [4.69, 9.17) is 25.8 Å². The first-order valence-electron chi connectivity index (χ1n) is 9.01. The zero-order valence-corrected chi connectivity index (χ0v) is 19.0. The highest BCUT2D eigenvalue weighted by atomic mass is 35.5. The lowest BCUT2D eigenvalue weighted by molar-refractivity contribution is -0.120. The molecule has 0 fully saturated rings. The maximum atomic E-state index is 13.6. The standard InChI is InChI=1S/C20H25ClN2O6S/c1-13(2)22-20(24)12-23(16-10-14(21)6-8-17(16)27-3)30(25,26)15-7-9-18(28-4)19(11-15)29-5/h6-11,13H,12H2,1-5H3,(H,22,24). The Balaban J connectivity index is 2.64. The molecule has 10 heteroatoms. The van der Waals surface area contributed by atoms with Crippen LogP contribution in [0.1, 0.15) is 13.8 Å². The van der Waals surface area contributed by atoms with Crippen LogP contribution in [0.2, 0.25) is 5.02 Å². The van der Waals surface area contributed by atoms with Gasteiger partial charge in [-0.15, -0.1) is 0 Å². The van der Waals surface area contributed by atoms with Crippen LogP contribution in [0.15, 0.2) is 41.3 Å². The SMILES string of the molecule is COc1ccc(S(=O)(=O)N(CC(=O)NC(C)C)c2cc(Cl)ccc2OC)cc1OC. The molecule has 0 saturated heterocycles. The molecule has 0 aliphatic rings. The van der Waals surface area contributed by atoms with Crippen LogP contribution >= 0.6 is 11.6 Å². The van der Waals surface area contributed by atoms with Crippen molar-refractivity contribution in [1.29, 1.82) is 0 Å². The smallest absolute Gasteiger partial charge is 0.265 e. The van der Waals surface area contributed by atoms with Crippen LogP contribution in [0.25, 0.3) is 0 Å². The highest BCUT2D eigenvalue weighted by molar-refractivity contribution is 7.92. The van der Waals surface area contributed by atoms with Gasteiger partial charge in [0.1, 0.15) is 12.3 Å². The van der Waals surface area contributed by atoms with Crippen molar-refractivity contribution in [3.63, 3.8) is 0 Å². The molecule has 0 saturated carbocycles. The van der Waals surface area contributed by atoms with Gasteiger partial charge < -0.3 is 19.5 Å². The Bertz CT molecular complexity index is 1010. The first-order chi connectivity index (χ1) is 14.1. The van der Waals surface area contributed by atoms with E-state index in [9.17, 15) is 13.2 Å². The number of carbonyl (C=O) groups excluding carboxylic acids is 1. The minimum Gasteiger partial charge on any atom is -0.495 e. The average Bonchev–Trinajstić information content (AvgIpc) is 2.70. The van der Waals surface area contributed by atoms with Gasteiger partial charge in [-0.3, -0.25) is 9.10 Å². The molecule has 2 aromatic rings. The lowest BCUT2D eigenvalue weighted by atomic mass is 10.3. The third-order valence-corrected chi connectivity index (χ3v) is 6.08. The fraction of sp³-hybridized carbons (Fsp3) is 0.350. The van der Waals surface area contributed by atoms with Crippen molar-refractivity contribution in [2.45, 2.75) is 24.8 Å². The first kappa shape index (κ1) is 23.6. The summed E-state index contributed by atoms with van der Waals surface area (Å²) in [4.78, 5) is 12.4. The maximum absolute atomic E-state index is 13.6. The Morgan fingerprint density at radius 1 is 1.00 bits per heavy atom. The van der Waals surface area contributed by atoms with Crippen molar-refractivity contribution in [1.82, 2.24) is 5.32 Å². The molecule has 8 nitrogen and oxygen atoms in total. The fourth-order valence-corrected chi connectivity index (χ4v) is 4.37. The summed E-state index contributed by atoms with van der Waals surface area (Å²) in [5, 5.41) is 2.99. The Hall–Kier alpha value is -2.65. The van der Waals surface area contributed by atoms with Gasteiger partial charge in [0.15, 0.2) is 11.5 Å². The molecular weight excluding hydrogens is 432 g/mol. The van der Waals surface area contributed by atoms with Crippen LogP contribution in [0, 0.1) is 0 Å². The van der Waals surface area contributed by atoms with E-state index in [2.05, 4.69) is 5.32 Å². The van der Waals surface area contributed by atoms with Crippen LogP contribution in [-0.4, -0.2) is 48.2 Å². The maximum Gasteiger partial charge on any atom is 0.265 e. The molecule has 0 bridgehead atoms. The Morgan fingerprint density at radius 2 is 1.60 bits per heavy atom. The summed E-state index contributed by atoms with van der Waals surface area (Å²) in [6, 6.07) is 8.56. The molecule has 0 heterocycles. The van der Waals surface area contributed by atoms with Gasteiger partial charge in [0.2, 0.25) is 5.91 Å². The summed E-state index contributed by atoms with van der Waals surface area (Å²) in [6.07, 6.45) is 0. The number of amides is 1. The molecule has 30 heavy (non-hydrogen) atoms. The van der Waals surface area contributed by atoms with Crippen molar-refractivity contribution in [3.8, 4) is 17.2 Å². The Kier molecular flexibility index (Phi) is 7.80. The van der Waals surface area contributed by atoms with Crippen LogP contribution in [0.4, 0.5) is 5.69 Å². The second-order valence-electron chi connectivity index (χ2n) is 6.57. The topological polar surface area (TPSA) is 94.2 Å². The van der Waals surface area contributed by atoms with Gasteiger partial charge in [0, 0.05) is 17.1 Å². The zero-order valence-electron chi connectivity index (χ0n) is 17.4. The molecule has 2 aromatic carbocycles. The molecular formula is C20H25ClN2O6S. The summed E-state index contributed by atoms with van der Waals surface area (Å²) in [5.74, 6) is 0.390. The second-order valence-corrected chi connectivity index (χ2v) is 8.87. The predicted octanol–water partition coefficient (Wildman–Crippen LogP) is 3.09. The van der Waals surface area contributed by atoms with Crippen molar-refractivity contribution < 1.29 is 27.4 Å². The third kappa shape index (κ3) is 5.28. The summed E-state index contributed by atoms with van der Waals surface area (Å²) in [5.41, 5.74) is 0.138. The van der Waals surface area contributed by atoms with Gasteiger partial charge in [-0.25, -0.2) is 8.42 Å². The van der Waals surface area contributed by atoms with Crippen molar-refractivity contribution in [2.75, 3.05) is 32.2 Å². The van der Waals surface area contributed by atoms with Gasteiger partial charge in [-0.2, -0.15) is 0 Å². The predicted molar refractivity (Wildman–Crippen MR) is 115 cm³/mol. The van der Waals surface area contributed by atoms with E-state index in [1.165, 1.54) is 51.7 Å². The number of hydrogen-bond donors (Lipinski definition) is 1. The van der Waals surface area contributed by atoms with E-state index >= 15 is 0 Å². The number of halogens is 1. The molecule has 2 rings (SSSR count). The van der Waals surface area contributed by atoms with Crippen molar-refractivity contribution in [2.24, 2.45) is 0 Å². The number of carbonyl (C=O) groups is 1. The fourth-order valence-electron chi connectivity index (χ4n) is 2.76. The van der Waals surface area contributed by atoms with Gasteiger partial charge in [-0.05, 0) is 44.2 Å². The van der Waals surface area contributed by atoms with Crippen molar-refractivity contribution >= 4 is 33.2 Å². The third-order valence-electron chi connectivity index (χ3n) is 4.09.